The lowest BCUT2D eigenvalue weighted by Crippen LogP contribution is -2.29. The highest BCUT2D eigenvalue weighted by Gasteiger charge is 2.49. The molecule has 0 spiro atoms. The number of carbonyl (C=O) groups is 2. The number of aromatic hydroxyl groups is 1. The summed E-state index contributed by atoms with van der Waals surface area (Å²) in [5.74, 6) is -0.689. The van der Waals surface area contributed by atoms with Crippen LogP contribution in [0.2, 0.25) is 0 Å². The van der Waals surface area contributed by atoms with Crippen LogP contribution in [0.1, 0.15) is 42.0 Å². The molecule has 1 fully saturated rings. The van der Waals surface area contributed by atoms with Crippen molar-refractivity contribution in [3.63, 3.8) is 0 Å². The molecule has 0 aliphatic carbocycles. The average molecular weight is 447 g/mol. The molecule has 1 amide bonds. The Bertz CT molecular complexity index is 1240. The van der Waals surface area contributed by atoms with Crippen molar-refractivity contribution in [2.75, 3.05) is 11.5 Å². The maximum Gasteiger partial charge on any atom is 0.300 e. The molecule has 2 N–H and O–H groups in total. The van der Waals surface area contributed by atoms with Crippen LogP contribution in [0, 0.1) is 13.8 Å². The van der Waals surface area contributed by atoms with Gasteiger partial charge in [0.05, 0.1) is 17.9 Å². The summed E-state index contributed by atoms with van der Waals surface area (Å²) in [6, 6.07) is 13.7. The van der Waals surface area contributed by atoms with Gasteiger partial charge in [-0.3, -0.25) is 14.5 Å². The van der Waals surface area contributed by atoms with Crippen molar-refractivity contribution in [1.29, 1.82) is 0 Å². The van der Waals surface area contributed by atoms with Gasteiger partial charge in [0.2, 0.25) is 0 Å². The van der Waals surface area contributed by atoms with E-state index in [9.17, 15) is 19.8 Å². The molecule has 7 heteroatoms. The van der Waals surface area contributed by atoms with Crippen LogP contribution >= 0.6 is 0 Å². The van der Waals surface area contributed by atoms with Crippen molar-refractivity contribution in [2.45, 2.75) is 33.2 Å². The van der Waals surface area contributed by atoms with E-state index in [2.05, 4.69) is 0 Å². The molecule has 33 heavy (non-hydrogen) atoms. The SMILES string of the molecule is CCCOc1ccc(/C(O)=C2/C(=O)C(=O)N(c3cc(C)ccc3O)C2c2ccc(C)o2)cc1. The van der Waals surface area contributed by atoms with Gasteiger partial charge in [-0.15, -0.1) is 0 Å². The fourth-order valence-electron chi connectivity index (χ4n) is 3.86. The molecule has 0 radical (unpaired) electrons. The molecule has 7 nitrogen and oxygen atoms in total. The summed E-state index contributed by atoms with van der Waals surface area (Å²) in [6.45, 7) is 6.12. The predicted octanol–water partition coefficient (Wildman–Crippen LogP) is 5.02. The molecular formula is C26H25NO6. The van der Waals surface area contributed by atoms with Gasteiger partial charge in [-0.05, 0) is 74.4 Å². The zero-order valence-corrected chi connectivity index (χ0v) is 18.7. The second kappa shape index (κ2) is 8.86. The second-order valence-corrected chi connectivity index (χ2v) is 7.98. The zero-order chi connectivity index (χ0) is 23.7. The number of hydrogen-bond acceptors (Lipinski definition) is 6. The third-order valence-corrected chi connectivity index (χ3v) is 5.47. The van der Waals surface area contributed by atoms with Crippen molar-refractivity contribution >= 4 is 23.1 Å². The van der Waals surface area contributed by atoms with Crippen LogP contribution in [0.4, 0.5) is 5.69 Å². The van der Waals surface area contributed by atoms with Gasteiger partial charge < -0.3 is 19.4 Å². The molecule has 2 heterocycles. The number of aryl methyl sites for hydroxylation is 2. The normalized spacial score (nSPS) is 17.5. The Balaban J connectivity index is 1.86. The van der Waals surface area contributed by atoms with Crippen LogP contribution in [0.25, 0.3) is 5.76 Å². The number of ether oxygens (including phenoxy) is 1. The van der Waals surface area contributed by atoms with E-state index in [1.165, 1.54) is 11.0 Å². The highest BCUT2D eigenvalue weighted by molar-refractivity contribution is 6.51. The topological polar surface area (TPSA) is 100 Å². The number of ketones is 1. The number of furan rings is 1. The number of benzene rings is 2. The van der Waals surface area contributed by atoms with Crippen molar-refractivity contribution < 1.29 is 29.0 Å². The largest absolute Gasteiger partial charge is 0.507 e. The molecule has 1 unspecified atom stereocenters. The zero-order valence-electron chi connectivity index (χ0n) is 18.7. The minimum absolute atomic E-state index is 0.113. The molecule has 1 aliphatic rings. The van der Waals surface area contributed by atoms with Gasteiger partial charge in [-0.25, -0.2) is 0 Å². The van der Waals surface area contributed by atoms with Gasteiger partial charge in [0, 0.05) is 5.56 Å². The molecule has 1 atom stereocenters. The minimum atomic E-state index is -1.04. The number of phenols is 1. The Hall–Kier alpha value is -4.00. The van der Waals surface area contributed by atoms with Crippen LogP contribution in [0.3, 0.4) is 0 Å². The van der Waals surface area contributed by atoms with Crippen molar-refractivity contribution in [3.05, 3.63) is 82.8 Å². The first-order valence-electron chi connectivity index (χ1n) is 10.7. The predicted molar refractivity (Wildman–Crippen MR) is 123 cm³/mol. The third kappa shape index (κ3) is 4.09. The molecule has 1 aliphatic heterocycles. The van der Waals surface area contributed by atoms with Gasteiger partial charge in [0.15, 0.2) is 0 Å². The lowest BCUT2D eigenvalue weighted by Gasteiger charge is -2.24. The number of phenolic OH excluding ortho intramolecular Hbond substituents is 1. The Morgan fingerprint density at radius 3 is 2.42 bits per heavy atom. The minimum Gasteiger partial charge on any atom is -0.507 e. The second-order valence-electron chi connectivity index (χ2n) is 7.98. The van der Waals surface area contributed by atoms with Crippen LogP contribution < -0.4 is 9.64 Å². The molecule has 1 saturated heterocycles. The standard InChI is InChI=1S/C26H25NO6/c1-4-13-32-18-9-7-17(8-10-18)24(29)22-23(21-12-6-16(3)33-21)27(26(31)25(22)30)19-14-15(2)5-11-20(19)28/h5-12,14,23,28-29H,4,13H2,1-3H3/b24-22-. The van der Waals surface area contributed by atoms with E-state index in [1.807, 2.05) is 13.8 Å². The quantitative estimate of drug-likeness (QED) is 0.313. The van der Waals surface area contributed by atoms with Crippen LogP contribution in [-0.4, -0.2) is 28.5 Å². The Morgan fingerprint density at radius 1 is 1.06 bits per heavy atom. The number of carbonyl (C=O) groups excluding carboxylic acids is 2. The van der Waals surface area contributed by atoms with E-state index in [0.717, 1.165) is 12.0 Å². The maximum absolute atomic E-state index is 13.1. The van der Waals surface area contributed by atoms with E-state index in [1.54, 1.807) is 55.5 Å². The van der Waals surface area contributed by atoms with Gasteiger partial charge in [0.25, 0.3) is 11.7 Å². The fraction of sp³-hybridized carbons (Fsp3) is 0.231. The molecule has 4 rings (SSSR count). The highest BCUT2D eigenvalue weighted by Crippen LogP contribution is 2.45. The number of Topliss-reactive ketones (excluding diaryl/α,β-unsaturated/α-hetero) is 1. The van der Waals surface area contributed by atoms with Crippen LogP contribution in [-0.2, 0) is 9.59 Å². The number of anilines is 1. The summed E-state index contributed by atoms with van der Waals surface area (Å²) >= 11 is 0. The Morgan fingerprint density at radius 2 is 1.79 bits per heavy atom. The van der Waals surface area contributed by atoms with Gasteiger partial charge in [-0.1, -0.05) is 13.0 Å². The average Bonchev–Trinajstić information content (AvgIpc) is 3.34. The summed E-state index contributed by atoms with van der Waals surface area (Å²) in [4.78, 5) is 27.5. The van der Waals surface area contributed by atoms with Gasteiger partial charge >= 0.3 is 0 Å². The number of aliphatic hydroxyl groups excluding tert-OH is 1. The molecule has 1 aromatic heterocycles. The van der Waals surface area contributed by atoms with E-state index in [-0.39, 0.29) is 22.8 Å². The Labute approximate surface area is 191 Å². The van der Waals surface area contributed by atoms with Crippen molar-refractivity contribution in [3.8, 4) is 11.5 Å². The summed E-state index contributed by atoms with van der Waals surface area (Å²) in [7, 11) is 0. The van der Waals surface area contributed by atoms with Crippen LogP contribution in [0.15, 0.2) is 64.6 Å². The lowest BCUT2D eigenvalue weighted by molar-refractivity contribution is -0.132. The van der Waals surface area contributed by atoms with E-state index < -0.39 is 17.7 Å². The first kappa shape index (κ1) is 22.2. The van der Waals surface area contributed by atoms with E-state index >= 15 is 0 Å². The fourth-order valence-corrected chi connectivity index (χ4v) is 3.86. The number of aliphatic hydroxyl groups is 1. The molecule has 0 saturated carbocycles. The summed E-state index contributed by atoms with van der Waals surface area (Å²) in [6.07, 6.45) is 0.861. The Kier molecular flexibility index (Phi) is 5.96. The van der Waals surface area contributed by atoms with Crippen molar-refractivity contribution in [2.24, 2.45) is 0 Å². The summed E-state index contributed by atoms with van der Waals surface area (Å²) in [5.41, 5.74) is 1.20. The number of hydrogen-bond donors (Lipinski definition) is 2. The first-order valence-corrected chi connectivity index (χ1v) is 10.7. The molecule has 2 aromatic carbocycles. The highest BCUT2D eigenvalue weighted by atomic mass is 16.5. The van der Waals surface area contributed by atoms with Gasteiger partial charge in [0.1, 0.15) is 34.8 Å². The number of amides is 1. The van der Waals surface area contributed by atoms with E-state index in [0.29, 0.717) is 29.4 Å². The van der Waals surface area contributed by atoms with Gasteiger partial charge in [-0.2, -0.15) is 0 Å². The number of nitrogens with zero attached hydrogens (tertiary/aromatic N) is 1. The number of rotatable bonds is 6. The lowest BCUT2D eigenvalue weighted by atomic mass is 9.99. The summed E-state index contributed by atoms with van der Waals surface area (Å²) < 4.78 is 11.3. The molecule has 0 bridgehead atoms. The smallest absolute Gasteiger partial charge is 0.300 e. The first-order chi connectivity index (χ1) is 15.8. The third-order valence-electron chi connectivity index (χ3n) is 5.47. The summed E-state index contributed by atoms with van der Waals surface area (Å²) in [5, 5.41) is 21.6. The van der Waals surface area contributed by atoms with Crippen LogP contribution in [0.5, 0.6) is 11.5 Å². The molecule has 3 aromatic rings. The monoisotopic (exact) mass is 447 g/mol. The maximum atomic E-state index is 13.1. The van der Waals surface area contributed by atoms with E-state index in [4.69, 9.17) is 9.15 Å². The molecular weight excluding hydrogens is 422 g/mol. The molecule has 170 valence electrons. The van der Waals surface area contributed by atoms with Crippen molar-refractivity contribution in [1.82, 2.24) is 0 Å².